The summed E-state index contributed by atoms with van der Waals surface area (Å²) in [5, 5.41) is 0. The maximum absolute atomic E-state index is 4.97. The van der Waals surface area contributed by atoms with Gasteiger partial charge in [-0.3, -0.25) is 0 Å². The van der Waals surface area contributed by atoms with E-state index in [-0.39, 0.29) is 0 Å². The van der Waals surface area contributed by atoms with Crippen LogP contribution in [0.3, 0.4) is 0 Å². The van der Waals surface area contributed by atoms with Crippen molar-refractivity contribution in [3.05, 3.63) is 76.9 Å². The van der Waals surface area contributed by atoms with E-state index in [1.54, 1.807) is 0 Å². The van der Waals surface area contributed by atoms with Crippen LogP contribution in [0.15, 0.2) is 60.2 Å². The summed E-state index contributed by atoms with van der Waals surface area (Å²) in [4.78, 5) is 5.13. The van der Waals surface area contributed by atoms with Crippen molar-refractivity contribution in [2.75, 3.05) is 4.90 Å². The number of aryl methyl sites for hydroxylation is 3. The van der Waals surface area contributed by atoms with E-state index in [0.29, 0.717) is 6.04 Å². The summed E-state index contributed by atoms with van der Waals surface area (Å²) in [5.74, 6) is 1.40. The zero-order chi connectivity index (χ0) is 24.5. The number of hydrogen-bond donors (Lipinski definition) is 0. The predicted octanol–water partition coefficient (Wildman–Crippen LogP) is 9.89. The summed E-state index contributed by atoms with van der Waals surface area (Å²) in [5.41, 5.74) is 6.91. The first-order valence-electron chi connectivity index (χ1n) is 12.4. The average molecular weight is 701 g/mol. The zero-order valence-corrected chi connectivity index (χ0v) is 25.3. The second kappa shape index (κ2) is 14.1. The van der Waals surface area contributed by atoms with Gasteiger partial charge in [-0.25, -0.2) is 0 Å². The van der Waals surface area contributed by atoms with E-state index >= 15 is 0 Å². The molecule has 1 aliphatic heterocycles. The van der Waals surface area contributed by atoms with E-state index in [4.69, 9.17) is 28.8 Å². The van der Waals surface area contributed by atoms with Gasteiger partial charge in [0, 0.05) is 18.4 Å². The standard InChI is InChI=1S/C28H38N2.3ClH.Ir/c1-22-20-23(2)27(24(3)21-22)30-19-18-29(26-16-12-8-5-9-13-17-26)28(30)25-14-10-6-4-7-11-15-25;;;;/h4,6,10,14,18-21,26H,5,7-9,11-13,15-17H2,1-3H3;3*1H;/q;;;;+3/p-3. The van der Waals surface area contributed by atoms with Crippen molar-refractivity contribution in [2.24, 2.45) is 0 Å². The number of nitrogens with zero attached hydrogens (tertiary/aromatic N) is 2. The Balaban J connectivity index is 0.000000751. The molecule has 190 valence electrons. The number of hydrogen-bond acceptors (Lipinski definition) is 2. The Hall–Kier alpha value is -0.701. The fraction of sp³-hybridized carbons (Fsp3) is 0.500. The van der Waals surface area contributed by atoms with Gasteiger partial charge in [0.05, 0.1) is 5.69 Å². The molecule has 0 N–H and O–H groups in total. The van der Waals surface area contributed by atoms with Crippen molar-refractivity contribution in [2.45, 2.75) is 91.0 Å². The molecule has 34 heavy (non-hydrogen) atoms. The van der Waals surface area contributed by atoms with Crippen LogP contribution >= 0.6 is 28.8 Å². The third-order valence-electron chi connectivity index (χ3n) is 6.84. The molecule has 1 fully saturated rings. The first-order valence-corrected chi connectivity index (χ1v) is 21.3. The Labute approximate surface area is 224 Å². The first-order chi connectivity index (χ1) is 16.4. The Kier molecular flexibility index (Phi) is 11.6. The van der Waals surface area contributed by atoms with Gasteiger partial charge in [-0.1, -0.05) is 74.1 Å². The Morgan fingerprint density at radius 2 is 1.44 bits per heavy atom. The zero-order valence-electron chi connectivity index (χ0n) is 20.6. The van der Waals surface area contributed by atoms with Crippen molar-refractivity contribution < 1.29 is 13.5 Å². The third kappa shape index (κ3) is 7.90. The number of benzene rings is 1. The van der Waals surface area contributed by atoms with Crippen LogP contribution in [0.2, 0.25) is 0 Å². The summed E-state index contributed by atoms with van der Waals surface area (Å²) in [6.45, 7) is 6.73. The van der Waals surface area contributed by atoms with Crippen LogP contribution in [0.4, 0.5) is 5.69 Å². The summed E-state index contributed by atoms with van der Waals surface area (Å²) in [7, 11) is 14.9. The van der Waals surface area contributed by atoms with Crippen LogP contribution < -0.4 is 4.90 Å². The molecule has 0 amide bonds. The summed E-state index contributed by atoms with van der Waals surface area (Å²) in [6.07, 6.45) is 26.9. The molecule has 0 saturated heterocycles. The molecule has 2 nitrogen and oxygen atoms in total. The van der Waals surface area contributed by atoms with E-state index in [0.717, 1.165) is 6.42 Å². The monoisotopic (exact) mass is 700 g/mol. The molecule has 0 atom stereocenters. The van der Waals surface area contributed by atoms with E-state index in [1.807, 2.05) is 0 Å². The van der Waals surface area contributed by atoms with Gasteiger partial charge in [-0.05, 0) is 69.6 Å². The van der Waals surface area contributed by atoms with Crippen LogP contribution in [0.1, 0.15) is 80.9 Å². The minimum absolute atomic E-state index is 0.620. The molecular weight excluding hydrogens is 663 g/mol. The van der Waals surface area contributed by atoms with Crippen molar-refractivity contribution in [3.63, 3.8) is 0 Å². The molecular formula is C28H38Cl3IrN2. The molecule has 2 aliphatic carbocycles. The SMILES string of the molecule is Cc1cc(C)c(N2C=CN(C3CCCCCCC3)C2=C2C=CC=CCCC2)c(C)c1.[Cl][Ir]([Cl])[Cl]. The molecule has 6 heteroatoms. The Morgan fingerprint density at radius 3 is 2.09 bits per heavy atom. The average Bonchev–Trinajstić information content (AvgIpc) is 3.11. The van der Waals surface area contributed by atoms with Gasteiger partial charge in [0.15, 0.2) is 0 Å². The van der Waals surface area contributed by atoms with Crippen molar-refractivity contribution in [1.29, 1.82) is 0 Å². The van der Waals surface area contributed by atoms with Gasteiger partial charge in [0.2, 0.25) is 0 Å². The van der Waals surface area contributed by atoms with Crippen molar-refractivity contribution >= 4 is 34.4 Å². The van der Waals surface area contributed by atoms with Gasteiger partial charge in [0.25, 0.3) is 0 Å². The van der Waals surface area contributed by atoms with E-state index in [1.165, 1.54) is 91.6 Å². The quantitative estimate of drug-likeness (QED) is 0.303. The molecule has 1 aromatic rings. The fourth-order valence-electron chi connectivity index (χ4n) is 5.49. The summed E-state index contributed by atoms with van der Waals surface area (Å²) < 4.78 is 0. The molecule has 0 unspecified atom stereocenters. The first kappa shape index (κ1) is 27.9. The van der Waals surface area contributed by atoms with Crippen molar-refractivity contribution in [1.82, 2.24) is 4.90 Å². The minimum atomic E-state index is -1.92. The second-order valence-electron chi connectivity index (χ2n) is 9.49. The molecule has 0 aromatic heterocycles. The van der Waals surface area contributed by atoms with Crippen LogP contribution in [0, 0.1) is 20.8 Å². The Morgan fingerprint density at radius 1 is 0.824 bits per heavy atom. The number of rotatable bonds is 2. The number of anilines is 1. The van der Waals surface area contributed by atoms with Crippen LogP contribution in [0.25, 0.3) is 0 Å². The van der Waals surface area contributed by atoms with Crippen LogP contribution in [-0.2, 0) is 13.5 Å². The molecule has 0 spiro atoms. The molecule has 3 aliphatic rings. The van der Waals surface area contributed by atoms with Gasteiger partial charge in [-0.2, -0.15) is 0 Å². The summed E-state index contributed by atoms with van der Waals surface area (Å²) >= 11 is -1.92. The second-order valence-corrected chi connectivity index (χ2v) is 19.9. The number of allylic oxidation sites excluding steroid dienone is 5. The molecule has 1 aromatic carbocycles. The van der Waals surface area contributed by atoms with E-state index < -0.39 is 13.5 Å². The molecule has 0 bridgehead atoms. The topological polar surface area (TPSA) is 6.48 Å². The van der Waals surface area contributed by atoms with Gasteiger partial charge >= 0.3 is 42.2 Å². The maximum atomic E-state index is 4.97. The fourth-order valence-corrected chi connectivity index (χ4v) is 5.49. The van der Waals surface area contributed by atoms with Crippen LogP contribution in [-0.4, -0.2) is 10.9 Å². The van der Waals surface area contributed by atoms with Crippen LogP contribution in [0.5, 0.6) is 0 Å². The molecule has 1 heterocycles. The predicted molar refractivity (Wildman–Crippen MR) is 147 cm³/mol. The van der Waals surface area contributed by atoms with Gasteiger partial charge in [-0.15, -0.1) is 0 Å². The van der Waals surface area contributed by atoms with Gasteiger partial charge in [0.1, 0.15) is 5.82 Å². The number of halogens is 3. The van der Waals surface area contributed by atoms with Gasteiger partial charge < -0.3 is 9.80 Å². The third-order valence-corrected chi connectivity index (χ3v) is 6.84. The molecule has 4 rings (SSSR count). The van der Waals surface area contributed by atoms with E-state index in [9.17, 15) is 0 Å². The Bertz CT molecular complexity index is 902. The summed E-state index contributed by atoms with van der Waals surface area (Å²) in [6, 6.07) is 5.27. The van der Waals surface area contributed by atoms with E-state index in [2.05, 4.69) is 79.4 Å². The molecule has 0 radical (unpaired) electrons. The molecule has 1 saturated carbocycles. The van der Waals surface area contributed by atoms with Crippen molar-refractivity contribution in [3.8, 4) is 0 Å². The normalized spacial score (nSPS) is 22.0.